The van der Waals surface area contributed by atoms with E-state index in [4.69, 9.17) is 9.15 Å². The smallest absolute Gasteiger partial charge is 0.410 e. The SMILES string of the molecule is CC(C)(C)OC(=O)N1CCC[C@H](CS(=O)(=O)c2nc3ccccc3o2)C1. The Morgan fingerprint density at radius 1 is 1.35 bits per heavy atom. The largest absolute Gasteiger partial charge is 0.444 e. The average molecular weight is 380 g/mol. The number of fused-ring (bicyclic) bond motifs is 1. The van der Waals surface area contributed by atoms with Crippen molar-refractivity contribution in [2.24, 2.45) is 5.92 Å². The van der Waals surface area contributed by atoms with Gasteiger partial charge in [-0.1, -0.05) is 12.1 Å². The number of ether oxygens (including phenoxy) is 1. The Bertz CT molecular complexity index is 865. The van der Waals surface area contributed by atoms with Crippen molar-refractivity contribution in [1.29, 1.82) is 0 Å². The maximum Gasteiger partial charge on any atom is 0.410 e. The van der Waals surface area contributed by atoms with E-state index in [1.807, 2.05) is 20.8 Å². The van der Waals surface area contributed by atoms with Crippen LogP contribution in [0.3, 0.4) is 0 Å². The molecule has 1 saturated heterocycles. The number of amides is 1. The Morgan fingerprint density at radius 3 is 2.77 bits per heavy atom. The topological polar surface area (TPSA) is 89.7 Å². The van der Waals surface area contributed by atoms with Gasteiger partial charge in [0.15, 0.2) is 5.58 Å². The van der Waals surface area contributed by atoms with Crippen LogP contribution in [0, 0.1) is 5.92 Å². The molecule has 1 aromatic carbocycles. The summed E-state index contributed by atoms with van der Waals surface area (Å²) in [5, 5.41) is -0.256. The van der Waals surface area contributed by atoms with Gasteiger partial charge in [-0.3, -0.25) is 0 Å². The lowest BCUT2D eigenvalue weighted by Gasteiger charge is -2.33. The Hall–Kier alpha value is -2.09. The van der Waals surface area contributed by atoms with Crippen LogP contribution in [0.25, 0.3) is 11.1 Å². The van der Waals surface area contributed by atoms with Gasteiger partial charge in [-0.25, -0.2) is 13.2 Å². The first-order valence-corrected chi connectivity index (χ1v) is 10.4. The number of para-hydroxylation sites is 2. The summed E-state index contributed by atoms with van der Waals surface area (Å²) in [5.41, 5.74) is 0.393. The minimum atomic E-state index is -3.66. The normalized spacial score (nSPS) is 18.9. The monoisotopic (exact) mass is 380 g/mol. The molecule has 0 unspecified atom stereocenters. The van der Waals surface area contributed by atoms with Crippen LogP contribution in [0.2, 0.25) is 0 Å². The molecule has 0 radical (unpaired) electrons. The number of carbonyl (C=O) groups is 1. The van der Waals surface area contributed by atoms with E-state index < -0.39 is 21.5 Å². The van der Waals surface area contributed by atoms with E-state index in [2.05, 4.69) is 4.98 Å². The van der Waals surface area contributed by atoms with Gasteiger partial charge in [-0.05, 0) is 51.7 Å². The van der Waals surface area contributed by atoms with Crippen molar-refractivity contribution in [3.8, 4) is 0 Å². The third kappa shape index (κ3) is 4.35. The minimum absolute atomic E-state index is 0.0981. The summed E-state index contributed by atoms with van der Waals surface area (Å²) in [6, 6.07) is 6.94. The van der Waals surface area contributed by atoms with Crippen molar-refractivity contribution >= 4 is 27.0 Å². The second-order valence-corrected chi connectivity index (χ2v) is 9.58. The van der Waals surface area contributed by atoms with Crippen LogP contribution in [0.1, 0.15) is 33.6 Å². The van der Waals surface area contributed by atoms with E-state index in [-0.39, 0.29) is 16.9 Å². The van der Waals surface area contributed by atoms with Gasteiger partial charge in [0.1, 0.15) is 11.1 Å². The van der Waals surface area contributed by atoms with Crippen molar-refractivity contribution in [3.63, 3.8) is 0 Å². The molecule has 0 N–H and O–H groups in total. The van der Waals surface area contributed by atoms with Gasteiger partial charge < -0.3 is 14.1 Å². The molecular formula is C18H24N2O5S. The van der Waals surface area contributed by atoms with Crippen LogP contribution in [0.4, 0.5) is 4.79 Å². The second kappa shape index (κ2) is 6.90. The Balaban J connectivity index is 1.70. The zero-order valence-corrected chi connectivity index (χ0v) is 16.1. The van der Waals surface area contributed by atoms with Crippen molar-refractivity contribution in [1.82, 2.24) is 9.88 Å². The predicted molar refractivity (Wildman–Crippen MR) is 96.6 cm³/mol. The molecule has 0 saturated carbocycles. The standard InChI is InChI=1S/C18H24N2O5S/c1-18(2,3)25-17(21)20-10-6-7-13(11-20)12-26(22,23)16-19-14-8-4-5-9-15(14)24-16/h4-5,8-9,13H,6-7,10-12H2,1-3H3/t13-/m0/s1. The van der Waals surface area contributed by atoms with Gasteiger partial charge in [0.25, 0.3) is 0 Å². The number of benzene rings is 1. The van der Waals surface area contributed by atoms with E-state index in [1.54, 1.807) is 29.2 Å². The van der Waals surface area contributed by atoms with E-state index >= 15 is 0 Å². The lowest BCUT2D eigenvalue weighted by molar-refractivity contribution is 0.0176. The van der Waals surface area contributed by atoms with E-state index in [0.717, 1.165) is 12.8 Å². The number of sulfone groups is 1. The summed E-state index contributed by atoms with van der Waals surface area (Å²) in [6.45, 7) is 6.36. The van der Waals surface area contributed by atoms with Gasteiger partial charge in [-0.2, -0.15) is 4.98 Å². The molecule has 142 valence electrons. The maximum atomic E-state index is 12.7. The highest BCUT2D eigenvalue weighted by atomic mass is 32.2. The van der Waals surface area contributed by atoms with Gasteiger partial charge in [-0.15, -0.1) is 0 Å². The van der Waals surface area contributed by atoms with Crippen LogP contribution in [0.5, 0.6) is 0 Å². The highest BCUT2D eigenvalue weighted by Crippen LogP contribution is 2.25. The maximum absolute atomic E-state index is 12.7. The molecule has 1 aliphatic heterocycles. The van der Waals surface area contributed by atoms with Crippen molar-refractivity contribution in [2.45, 2.75) is 44.4 Å². The summed E-state index contributed by atoms with van der Waals surface area (Å²) >= 11 is 0. The van der Waals surface area contributed by atoms with Crippen LogP contribution in [0.15, 0.2) is 33.9 Å². The molecule has 2 aromatic rings. The number of nitrogens with zero attached hydrogens (tertiary/aromatic N) is 2. The molecule has 8 heteroatoms. The number of carbonyl (C=O) groups excluding carboxylic acids is 1. The first-order valence-electron chi connectivity index (χ1n) is 8.70. The van der Waals surface area contributed by atoms with Crippen LogP contribution < -0.4 is 0 Å². The fourth-order valence-electron chi connectivity index (χ4n) is 3.06. The number of oxazole rings is 1. The third-order valence-electron chi connectivity index (χ3n) is 4.17. The van der Waals surface area contributed by atoms with E-state index in [1.165, 1.54) is 0 Å². The fourth-order valence-corrected chi connectivity index (χ4v) is 4.55. The number of likely N-dealkylation sites (tertiary alicyclic amines) is 1. The number of piperidine rings is 1. The van der Waals surface area contributed by atoms with Gasteiger partial charge in [0, 0.05) is 13.1 Å². The molecule has 3 rings (SSSR count). The lowest BCUT2D eigenvalue weighted by Crippen LogP contribution is -2.44. The molecule has 0 aliphatic carbocycles. The van der Waals surface area contributed by atoms with Crippen molar-refractivity contribution in [2.75, 3.05) is 18.8 Å². The zero-order chi connectivity index (χ0) is 18.9. The summed E-state index contributed by atoms with van der Waals surface area (Å²) in [7, 11) is -3.66. The summed E-state index contributed by atoms with van der Waals surface area (Å²) in [5.74, 6) is -0.268. The van der Waals surface area contributed by atoms with Crippen LogP contribution in [-0.4, -0.2) is 48.8 Å². The number of aromatic nitrogens is 1. The summed E-state index contributed by atoms with van der Waals surface area (Å²) < 4.78 is 36.2. The number of hydrogen-bond acceptors (Lipinski definition) is 6. The van der Waals surface area contributed by atoms with E-state index in [0.29, 0.717) is 24.2 Å². The molecule has 2 heterocycles. The van der Waals surface area contributed by atoms with Crippen LogP contribution >= 0.6 is 0 Å². The summed E-state index contributed by atoms with van der Waals surface area (Å²) in [4.78, 5) is 17.9. The van der Waals surface area contributed by atoms with Crippen LogP contribution in [-0.2, 0) is 14.6 Å². The molecule has 26 heavy (non-hydrogen) atoms. The van der Waals surface area contributed by atoms with E-state index in [9.17, 15) is 13.2 Å². The van der Waals surface area contributed by atoms with Crippen molar-refractivity contribution in [3.05, 3.63) is 24.3 Å². The fraction of sp³-hybridized carbons (Fsp3) is 0.556. The summed E-state index contributed by atoms with van der Waals surface area (Å²) in [6.07, 6.45) is 1.08. The molecule has 0 bridgehead atoms. The predicted octanol–water partition coefficient (Wildman–Crippen LogP) is 3.25. The highest BCUT2D eigenvalue weighted by Gasteiger charge is 2.32. The van der Waals surface area contributed by atoms with Gasteiger partial charge in [0.2, 0.25) is 9.84 Å². The average Bonchev–Trinajstić information content (AvgIpc) is 2.98. The Labute approximate surface area is 153 Å². The van der Waals surface area contributed by atoms with Gasteiger partial charge >= 0.3 is 11.3 Å². The highest BCUT2D eigenvalue weighted by molar-refractivity contribution is 7.91. The molecule has 1 atom stereocenters. The number of hydrogen-bond donors (Lipinski definition) is 0. The van der Waals surface area contributed by atoms with Crippen molar-refractivity contribution < 1.29 is 22.4 Å². The molecule has 1 fully saturated rings. The second-order valence-electron chi connectivity index (χ2n) is 7.66. The Morgan fingerprint density at radius 2 is 2.08 bits per heavy atom. The molecule has 1 amide bonds. The Kier molecular flexibility index (Phi) is 4.96. The minimum Gasteiger partial charge on any atom is -0.444 e. The molecular weight excluding hydrogens is 356 g/mol. The number of rotatable bonds is 3. The molecule has 7 nitrogen and oxygen atoms in total. The first-order chi connectivity index (χ1) is 12.1. The van der Waals surface area contributed by atoms with Gasteiger partial charge in [0.05, 0.1) is 5.75 Å². The molecule has 1 aromatic heterocycles. The quantitative estimate of drug-likeness (QED) is 0.812. The molecule has 1 aliphatic rings. The third-order valence-corrected chi connectivity index (χ3v) is 5.78. The lowest BCUT2D eigenvalue weighted by atomic mass is 10.0. The molecule has 0 spiro atoms. The first kappa shape index (κ1) is 18.7. The zero-order valence-electron chi connectivity index (χ0n) is 15.3.